The second-order valence-corrected chi connectivity index (χ2v) is 8.86. The summed E-state index contributed by atoms with van der Waals surface area (Å²) in [5.74, 6) is -2.47. The van der Waals surface area contributed by atoms with Gasteiger partial charge in [-0.1, -0.05) is 23.7 Å². The maximum absolute atomic E-state index is 13.7. The van der Waals surface area contributed by atoms with E-state index in [0.717, 1.165) is 4.90 Å². The molecule has 0 spiro atoms. The molecule has 3 aromatic carbocycles. The Balaban J connectivity index is 1.51. The largest absolute Gasteiger partial charge is 0.462 e. The van der Waals surface area contributed by atoms with Crippen molar-refractivity contribution in [1.82, 2.24) is 0 Å². The molecule has 10 nitrogen and oxygen atoms in total. The molecule has 0 radical (unpaired) electrons. The van der Waals surface area contributed by atoms with Gasteiger partial charge >= 0.3 is 5.97 Å². The van der Waals surface area contributed by atoms with Gasteiger partial charge in [0.1, 0.15) is 5.92 Å². The van der Waals surface area contributed by atoms with Gasteiger partial charge in [-0.25, -0.2) is 14.8 Å². The number of hydrogen-bond acceptors (Lipinski definition) is 8. The SMILES string of the molecule is CCOC(=O)c1ccc(N2C(=O)C3ON(c4ccc(Cl)cc4)C(c4ccc([N+](=O)[O-])cc4)C3C2=O)cc1. The minimum atomic E-state index is -1.12. The molecule has 0 aromatic heterocycles. The fourth-order valence-corrected chi connectivity index (χ4v) is 4.70. The number of anilines is 2. The van der Waals surface area contributed by atoms with E-state index >= 15 is 0 Å². The van der Waals surface area contributed by atoms with Crippen LogP contribution in [0.25, 0.3) is 0 Å². The zero-order valence-corrected chi connectivity index (χ0v) is 20.2. The zero-order chi connectivity index (χ0) is 26.3. The Morgan fingerprint density at radius 3 is 2.19 bits per heavy atom. The summed E-state index contributed by atoms with van der Waals surface area (Å²) in [6.45, 7) is 1.92. The first-order valence-electron chi connectivity index (χ1n) is 11.4. The van der Waals surface area contributed by atoms with E-state index in [9.17, 15) is 24.5 Å². The molecule has 3 atom stereocenters. The summed E-state index contributed by atoms with van der Waals surface area (Å²) < 4.78 is 4.98. The summed E-state index contributed by atoms with van der Waals surface area (Å²) in [5, 5.41) is 13.1. The third kappa shape index (κ3) is 4.30. The number of nitro benzene ring substituents is 1. The second kappa shape index (κ2) is 9.64. The first-order valence-corrected chi connectivity index (χ1v) is 11.8. The molecule has 0 bridgehead atoms. The van der Waals surface area contributed by atoms with Crippen LogP contribution in [0.3, 0.4) is 0 Å². The fourth-order valence-electron chi connectivity index (χ4n) is 4.57. The molecule has 0 N–H and O–H groups in total. The zero-order valence-electron chi connectivity index (χ0n) is 19.4. The Bertz CT molecular complexity index is 1380. The minimum absolute atomic E-state index is 0.102. The van der Waals surface area contributed by atoms with E-state index in [1.165, 1.54) is 41.5 Å². The number of benzene rings is 3. The quantitative estimate of drug-likeness (QED) is 0.202. The van der Waals surface area contributed by atoms with Gasteiger partial charge in [-0.15, -0.1) is 0 Å². The summed E-state index contributed by atoms with van der Waals surface area (Å²) in [7, 11) is 0. The molecule has 2 fully saturated rings. The van der Waals surface area contributed by atoms with E-state index in [2.05, 4.69) is 0 Å². The molecule has 2 amide bonds. The number of nitro groups is 1. The molecular weight excluding hydrogens is 502 g/mol. The number of imide groups is 1. The molecule has 2 aliphatic heterocycles. The molecule has 11 heteroatoms. The molecule has 2 aliphatic rings. The molecule has 2 heterocycles. The molecule has 3 unspecified atom stereocenters. The number of amides is 2. The van der Waals surface area contributed by atoms with Crippen LogP contribution in [0.1, 0.15) is 28.9 Å². The van der Waals surface area contributed by atoms with E-state index in [0.29, 0.717) is 27.5 Å². The minimum Gasteiger partial charge on any atom is -0.462 e. The number of non-ortho nitro benzene ring substituents is 1. The van der Waals surface area contributed by atoms with E-state index < -0.39 is 40.8 Å². The molecule has 2 saturated heterocycles. The number of hydroxylamine groups is 1. The van der Waals surface area contributed by atoms with Gasteiger partial charge in [0, 0.05) is 17.2 Å². The van der Waals surface area contributed by atoms with Gasteiger partial charge in [-0.05, 0) is 61.0 Å². The van der Waals surface area contributed by atoms with Gasteiger partial charge in [-0.3, -0.25) is 24.5 Å². The highest BCUT2D eigenvalue weighted by atomic mass is 35.5. The van der Waals surface area contributed by atoms with Crippen LogP contribution in [0.2, 0.25) is 5.02 Å². The first kappa shape index (κ1) is 24.4. The van der Waals surface area contributed by atoms with Crippen LogP contribution >= 0.6 is 11.6 Å². The number of fused-ring (bicyclic) bond motifs is 1. The van der Waals surface area contributed by atoms with Crippen LogP contribution in [0.4, 0.5) is 17.1 Å². The highest BCUT2D eigenvalue weighted by Gasteiger charge is 2.60. The number of esters is 1. The van der Waals surface area contributed by atoms with Crippen molar-refractivity contribution in [2.45, 2.75) is 19.1 Å². The van der Waals surface area contributed by atoms with Gasteiger partial charge in [0.2, 0.25) is 5.91 Å². The third-order valence-corrected chi connectivity index (χ3v) is 6.53. The molecule has 0 saturated carbocycles. The summed E-state index contributed by atoms with van der Waals surface area (Å²) in [5.41, 5.74) is 1.61. The Hall–Kier alpha value is -4.28. The van der Waals surface area contributed by atoms with Crippen LogP contribution in [-0.2, 0) is 19.2 Å². The summed E-state index contributed by atoms with van der Waals surface area (Å²) in [6, 6.07) is 17.7. The van der Waals surface area contributed by atoms with Gasteiger partial charge in [0.05, 0.1) is 34.5 Å². The van der Waals surface area contributed by atoms with E-state index in [-0.39, 0.29) is 12.3 Å². The predicted octanol–water partition coefficient (Wildman–Crippen LogP) is 4.48. The Labute approximate surface area is 216 Å². The van der Waals surface area contributed by atoms with Crippen LogP contribution < -0.4 is 9.96 Å². The van der Waals surface area contributed by atoms with Gasteiger partial charge in [-0.2, -0.15) is 0 Å². The van der Waals surface area contributed by atoms with Crippen molar-refractivity contribution in [3.8, 4) is 0 Å². The molecular formula is C26H20ClN3O7. The maximum Gasteiger partial charge on any atom is 0.338 e. The van der Waals surface area contributed by atoms with E-state index in [1.807, 2.05) is 0 Å². The second-order valence-electron chi connectivity index (χ2n) is 8.43. The number of carbonyl (C=O) groups excluding carboxylic acids is 3. The van der Waals surface area contributed by atoms with Crippen molar-refractivity contribution < 1.29 is 28.9 Å². The lowest BCUT2D eigenvalue weighted by Gasteiger charge is -2.28. The topological polar surface area (TPSA) is 119 Å². The highest BCUT2D eigenvalue weighted by Crippen LogP contribution is 2.47. The average molecular weight is 522 g/mol. The van der Waals surface area contributed by atoms with Crippen molar-refractivity contribution in [3.63, 3.8) is 0 Å². The number of halogens is 1. The number of carbonyl (C=O) groups is 3. The molecule has 37 heavy (non-hydrogen) atoms. The number of hydrogen-bond donors (Lipinski definition) is 0. The molecule has 188 valence electrons. The van der Waals surface area contributed by atoms with Crippen LogP contribution in [0, 0.1) is 16.0 Å². The maximum atomic E-state index is 13.7. The van der Waals surface area contributed by atoms with Crippen molar-refractivity contribution in [2.75, 3.05) is 16.6 Å². The monoisotopic (exact) mass is 521 g/mol. The summed E-state index contributed by atoms with van der Waals surface area (Å²) in [6.07, 6.45) is -1.12. The standard InChI is InChI=1S/C26H20ClN3O7/c1-2-36-26(33)16-5-9-18(10-6-16)28-24(31)21-22(15-3-11-20(12-4-15)30(34)35)29(37-23(21)25(28)32)19-13-7-17(27)8-14-19/h3-14,21-23H,2H2,1H3. The fraction of sp³-hybridized carbons (Fsp3) is 0.192. The molecule has 5 rings (SSSR count). The number of rotatable bonds is 6. The first-order chi connectivity index (χ1) is 17.8. The van der Waals surface area contributed by atoms with Gasteiger partial charge in [0.15, 0.2) is 6.10 Å². The summed E-state index contributed by atoms with van der Waals surface area (Å²) in [4.78, 5) is 56.8. The van der Waals surface area contributed by atoms with Crippen molar-refractivity contribution in [3.05, 3.63) is 99.1 Å². The van der Waals surface area contributed by atoms with Crippen LogP contribution in [-0.4, -0.2) is 35.4 Å². The van der Waals surface area contributed by atoms with Crippen molar-refractivity contribution in [1.29, 1.82) is 0 Å². The van der Waals surface area contributed by atoms with Crippen LogP contribution in [0.5, 0.6) is 0 Å². The van der Waals surface area contributed by atoms with Gasteiger partial charge in [0.25, 0.3) is 11.6 Å². The Kier molecular flexibility index (Phi) is 6.36. The lowest BCUT2D eigenvalue weighted by atomic mass is 9.90. The van der Waals surface area contributed by atoms with Crippen molar-refractivity contribution in [2.24, 2.45) is 5.92 Å². The van der Waals surface area contributed by atoms with Gasteiger partial charge < -0.3 is 4.74 Å². The molecule has 3 aromatic rings. The lowest BCUT2D eigenvalue weighted by Crippen LogP contribution is -2.37. The Morgan fingerprint density at radius 2 is 1.59 bits per heavy atom. The normalized spacial score (nSPS) is 20.8. The van der Waals surface area contributed by atoms with Crippen molar-refractivity contribution >= 4 is 46.4 Å². The number of ether oxygens (including phenoxy) is 1. The van der Waals surface area contributed by atoms with Crippen LogP contribution in [0.15, 0.2) is 72.8 Å². The third-order valence-electron chi connectivity index (χ3n) is 6.28. The highest BCUT2D eigenvalue weighted by molar-refractivity contribution is 6.30. The van der Waals surface area contributed by atoms with E-state index in [1.54, 1.807) is 43.3 Å². The predicted molar refractivity (Wildman–Crippen MR) is 133 cm³/mol. The summed E-state index contributed by atoms with van der Waals surface area (Å²) >= 11 is 6.03. The molecule has 0 aliphatic carbocycles. The van der Waals surface area contributed by atoms with E-state index in [4.69, 9.17) is 21.2 Å². The average Bonchev–Trinajstić information content (AvgIpc) is 3.40. The Morgan fingerprint density at radius 1 is 0.973 bits per heavy atom. The smallest absolute Gasteiger partial charge is 0.338 e. The lowest BCUT2D eigenvalue weighted by molar-refractivity contribution is -0.384. The number of nitrogens with zero attached hydrogens (tertiary/aromatic N) is 3.